The molecule has 3 aromatic rings. The first-order chi connectivity index (χ1) is 9.08. The Bertz CT molecular complexity index is 777. The number of aromatic nitrogens is 2. The molecule has 3 rings (SSSR count). The van der Waals surface area contributed by atoms with Gasteiger partial charge in [0.1, 0.15) is 11.6 Å². The van der Waals surface area contributed by atoms with Crippen molar-refractivity contribution in [1.82, 2.24) is 9.55 Å². The predicted octanol–water partition coefficient (Wildman–Crippen LogP) is 3.91. The zero-order valence-electron chi connectivity index (χ0n) is 10.7. The molecule has 0 saturated carbocycles. The minimum Gasteiger partial charge on any atom is -0.507 e. The first-order valence-electron chi connectivity index (χ1n) is 5.99. The number of phenolic OH excluding ortho intramolecular Hbond substituents is 1. The fourth-order valence-electron chi connectivity index (χ4n) is 2.39. The van der Waals surface area contributed by atoms with Crippen LogP contribution in [0.1, 0.15) is 5.56 Å². The van der Waals surface area contributed by atoms with Crippen molar-refractivity contribution in [2.45, 2.75) is 6.92 Å². The molecule has 0 spiro atoms. The lowest BCUT2D eigenvalue weighted by Crippen LogP contribution is -1.94. The minimum atomic E-state index is 0.181. The van der Waals surface area contributed by atoms with Crippen LogP contribution in [0.5, 0.6) is 5.75 Å². The van der Waals surface area contributed by atoms with Gasteiger partial charge in [-0.15, -0.1) is 0 Å². The third-order valence-corrected chi connectivity index (χ3v) is 3.53. The molecular formula is C15H13ClN2O. The van der Waals surface area contributed by atoms with E-state index in [9.17, 15) is 5.11 Å². The van der Waals surface area contributed by atoms with Crippen LogP contribution < -0.4 is 0 Å². The first-order valence-corrected chi connectivity index (χ1v) is 6.36. The number of hydrogen-bond donors (Lipinski definition) is 1. The van der Waals surface area contributed by atoms with E-state index in [1.165, 1.54) is 0 Å². The zero-order valence-corrected chi connectivity index (χ0v) is 11.4. The van der Waals surface area contributed by atoms with E-state index in [4.69, 9.17) is 11.6 Å². The highest BCUT2D eigenvalue weighted by Gasteiger charge is 2.14. The number of halogens is 1. The van der Waals surface area contributed by atoms with Gasteiger partial charge < -0.3 is 9.67 Å². The lowest BCUT2D eigenvalue weighted by molar-refractivity contribution is 0.476. The molecule has 1 aromatic heterocycles. The molecule has 0 unspecified atom stereocenters. The molecule has 4 heteroatoms. The van der Waals surface area contributed by atoms with E-state index in [2.05, 4.69) is 4.98 Å². The van der Waals surface area contributed by atoms with Crippen molar-refractivity contribution in [2.75, 3.05) is 0 Å². The maximum absolute atomic E-state index is 10.00. The van der Waals surface area contributed by atoms with Crippen LogP contribution in [0.3, 0.4) is 0 Å². The summed E-state index contributed by atoms with van der Waals surface area (Å²) in [4.78, 5) is 4.59. The molecule has 2 aromatic carbocycles. The van der Waals surface area contributed by atoms with Gasteiger partial charge in [-0.1, -0.05) is 23.7 Å². The maximum Gasteiger partial charge on any atom is 0.144 e. The summed E-state index contributed by atoms with van der Waals surface area (Å²) in [5.74, 6) is 0.893. The Morgan fingerprint density at radius 1 is 1.21 bits per heavy atom. The van der Waals surface area contributed by atoms with Crippen molar-refractivity contribution in [2.24, 2.45) is 7.05 Å². The van der Waals surface area contributed by atoms with Crippen molar-refractivity contribution in [3.05, 3.63) is 47.0 Å². The Balaban J connectivity index is 2.34. The first kappa shape index (κ1) is 12.1. The number of hydrogen-bond acceptors (Lipinski definition) is 2. The number of nitrogens with zero attached hydrogens (tertiary/aromatic N) is 2. The Labute approximate surface area is 116 Å². The van der Waals surface area contributed by atoms with Crippen LogP contribution >= 0.6 is 11.6 Å². The number of fused-ring (bicyclic) bond motifs is 1. The molecule has 1 heterocycles. The summed E-state index contributed by atoms with van der Waals surface area (Å²) in [7, 11) is 1.94. The second kappa shape index (κ2) is 4.28. The highest BCUT2D eigenvalue weighted by atomic mass is 35.5. The Morgan fingerprint density at radius 2 is 2.00 bits per heavy atom. The van der Waals surface area contributed by atoms with Crippen LogP contribution in [0.25, 0.3) is 22.4 Å². The van der Waals surface area contributed by atoms with Crippen LogP contribution in [0.4, 0.5) is 0 Å². The third kappa shape index (κ3) is 1.87. The summed E-state index contributed by atoms with van der Waals surface area (Å²) in [6.45, 7) is 2.05. The molecule has 0 aliphatic heterocycles. The topological polar surface area (TPSA) is 38.1 Å². The van der Waals surface area contributed by atoms with Crippen molar-refractivity contribution in [1.29, 1.82) is 0 Å². The van der Waals surface area contributed by atoms with Crippen LogP contribution in [0, 0.1) is 6.92 Å². The summed E-state index contributed by atoms with van der Waals surface area (Å²) >= 11 is 6.00. The largest absolute Gasteiger partial charge is 0.507 e. The molecule has 0 saturated heterocycles. The summed E-state index contributed by atoms with van der Waals surface area (Å²) in [5.41, 5.74) is 3.78. The van der Waals surface area contributed by atoms with E-state index in [-0.39, 0.29) is 5.75 Å². The molecule has 19 heavy (non-hydrogen) atoms. The Morgan fingerprint density at radius 3 is 2.74 bits per heavy atom. The summed E-state index contributed by atoms with van der Waals surface area (Å²) in [5, 5.41) is 10.6. The van der Waals surface area contributed by atoms with E-state index < -0.39 is 0 Å². The average Bonchev–Trinajstić information content (AvgIpc) is 2.71. The van der Waals surface area contributed by atoms with Crippen molar-refractivity contribution < 1.29 is 5.11 Å². The van der Waals surface area contributed by atoms with Crippen molar-refractivity contribution in [3.8, 4) is 17.1 Å². The standard InChI is InChI=1S/C15H13ClN2O/c1-9-4-3-5-12-14(9)18(2)15(17-12)11-8-10(16)6-7-13(11)19/h3-8,19H,1-2H3. The van der Waals surface area contributed by atoms with E-state index in [1.807, 2.05) is 36.7 Å². The molecule has 1 N–H and O–H groups in total. The van der Waals surface area contributed by atoms with Gasteiger partial charge in [-0.2, -0.15) is 0 Å². The fraction of sp³-hybridized carbons (Fsp3) is 0.133. The Hall–Kier alpha value is -2.00. The van der Waals surface area contributed by atoms with Gasteiger partial charge in [0.05, 0.1) is 16.6 Å². The number of para-hydroxylation sites is 1. The zero-order chi connectivity index (χ0) is 13.6. The van der Waals surface area contributed by atoms with Crippen LogP contribution in [-0.2, 0) is 7.05 Å². The summed E-state index contributed by atoms with van der Waals surface area (Å²) in [6, 6.07) is 11.0. The van der Waals surface area contributed by atoms with Gasteiger partial charge in [0.25, 0.3) is 0 Å². The number of aromatic hydroxyl groups is 1. The number of aryl methyl sites for hydroxylation is 2. The molecule has 0 aliphatic carbocycles. The van der Waals surface area contributed by atoms with Gasteiger partial charge in [-0.3, -0.25) is 0 Å². The quantitative estimate of drug-likeness (QED) is 0.729. The molecule has 0 aliphatic rings. The average molecular weight is 273 g/mol. The number of rotatable bonds is 1. The van der Waals surface area contributed by atoms with Gasteiger partial charge in [0, 0.05) is 12.1 Å². The number of phenols is 1. The number of benzene rings is 2. The molecule has 96 valence electrons. The molecule has 0 bridgehead atoms. The van der Waals surface area contributed by atoms with Gasteiger partial charge in [0.15, 0.2) is 0 Å². The maximum atomic E-state index is 10.00. The molecule has 0 atom stereocenters. The lowest BCUT2D eigenvalue weighted by atomic mass is 10.2. The van der Waals surface area contributed by atoms with Crippen LogP contribution in [0.2, 0.25) is 5.02 Å². The van der Waals surface area contributed by atoms with Crippen LogP contribution in [-0.4, -0.2) is 14.7 Å². The molecule has 0 amide bonds. The van der Waals surface area contributed by atoms with Gasteiger partial charge in [0.2, 0.25) is 0 Å². The Kier molecular flexibility index (Phi) is 2.72. The second-order valence-corrected chi connectivity index (χ2v) is 5.03. The molecule has 0 radical (unpaired) electrons. The van der Waals surface area contributed by atoms with Crippen molar-refractivity contribution >= 4 is 22.6 Å². The highest BCUT2D eigenvalue weighted by Crippen LogP contribution is 2.33. The third-order valence-electron chi connectivity index (χ3n) is 3.30. The van der Waals surface area contributed by atoms with Gasteiger partial charge in [-0.25, -0.2) is 4.98 Å². The smallest absolute Gasteiger partial charge is 0.144 e. The normalized spacial score (nSPS) is 11.1. The van der Waals surface area contributed by atoms with E-state index in [1.54, 1.807) is 18.2 Å². The highest BCUT2D eigenvalue weighted by molar-refractivity contribution is 6.30. The minimum absolute atomic E-state index is 0.181. The van der Waals surface area contributed by atoms with E-state index in [0.29, 0.717) is 16.4 Å². The fourth-order valence-corrected chi connectivity index (χ4v) is 2.57. The van der Waals surface area contributed by atoms with E-state index >= 15 is 0 Å². The monoisotopic (exact) mass is 272 g/mol. The van der Waals surface area contributed by atoms with Gasteiger partial charge >= 0.3 is 0 Å². The van der Waals surface area contributed by atoms with Crippen molar-refractivity contribution in [3.63, 3.8) is 0 Å². The molecular weight excluding hydrogens is 260 g/mol. The van der Waals surface area contributed by atoms with E-state index in [0.717, 1.165) is 16.6 Å². The second-order valence-electron chi connectivity index (χ2n) is 4.60. The molecule has 3 nitrogen and oxygen atoms in total. The summed E-state index contributed by atoms with van der Waals surface area (Å²) in [6.07, 6.45) is 0. The SMILES string of the molecule is Cc1cccc2nc(-c3cc(Cl)ccc3O)n(C)c12. The predicted molar refractivity (Wildman–Crippen MR) is 77.6 cm³/mol. The summed E-state index contributed by atoms with van der Waals surface area (Å²) < 4.78 is 1.98. The van der Waals surface area contributed by atoms with Gasteiger partial charge in [-0.05, 0) is 36.8 Å². The molecule has 0 fully saturated rings. The number of imidazole rings is 1. The van der Waals surface area contributed by atoms with Crippen LogP contribution in [0.15, 0.2) is 36.4 Å². The lowest BCUT2D eigenvalue weighted by Gasteiger charge is -2.06.